The second-order valence-electron chi connectivity index (χ2n) is 8.24. The average molecular weight is 400 g/mol. The van der Waals surface area contributed by atoms with Crippen LogP contribution < -0.4 is 0 Å². The fourth-order valence-electron chi connectivity index (χ4n) is 4.16. The Bertz CT molecular complexity index is 887. The van der Waals surface area contributed by atoms with E-state index in [9.17, 15) is 14.0 Å². The highest BCUT2D eigenvalue weighted by Gasteiger charge is 2.53. The van der Waals surface area contributed by atoms with Gasteiger partial charge in [0.1, 0.15) is 18.9 Å². The standard InChI is InChI=1S/C21H27FN5O2/c1-14-8-10-26(11-9-14)13-17-23-19-18(20(28)25(3)21(29)24(19)2)27(17)12-15-4-6-16(22)7-5-15/h4-7,14,18H,8-13H2,1-3H3/q+1. The molecule has 8 heteroatoms. The third-order valence-corrected chi connectivity index (χ3v) is 6.12. The van der Waals surface area contributed by atoms with Gasteiger partial charge in [-0.2, -0.15) is 0 Å². The summed E-state index contributed by atoms with van der Waals surface area (Å²) in [5, 5.41) is 0. The summed E-state index contributed by atoms with van der Waals surface area (Å²) in [7, 11) is 3.15. The molecule has 1 atom stereocenters. The molecule has 0 saturated carbocycles. The predicted molar refractivity (Wildman–Crippen MR) is 107 cm³/mol. The molecule has 154 valence electrons. The van der Waals surface area contributed by atoms with Crippen molar-refractivity contribution in [1.29, 1.82) is 0 Å². The van der Waals surface area contributed by atoms with E-state index >= 15 is 0 Å². The molecule has 2 fully saturated rings. The van der Waals surface area contributed by atoms with Gasteiger partial charge in [-0.3, -0.25) is 19.5 Å². The molecule has 0 N–H and O–H groups in total. The number of nitrogens with zero attached hydrogens (tertiary/aromatic N) is 5. The maximum atomic E-state index is 13.3. The van der Waals surface area contributed by atoms with Crippen LogP contribution in [0.4, 0.5) is 9.18 Å². The molecule has 0 spiro atoms. The number of carbonyl (C=O) groups is 2. The zero-order valence-electron chi connectivity index (χ0n) is 17.1. The molecular weight excluding hydrogens is 373 g/mol. The Kier molecular flexibility index (Phi) is 5.21. The van der Waals surface area contributed by atoms with Gasteiger partial charge in [0, 0.05) is 14.1 Å². The van der Waals surface area contributed by atoms with Crippen molar-refractivity contribution in [1.82, 2.24) is 14.7 Å². The maximum absolute atomic E-state index is 13.3. The second kappa shape index (κ2) is 7.67. The Morgan fingerprint density at radius 3 is 2.41 bits per heavy atom. The van der Waals surface area contributed by atoms with Crippen molar-refractivity contribution in [2.24, 2.45) is 10.9 Å². The SMILES string of the molecule is CC1CCN(CC2=[N+](Cc3ccc(F)cc3)C3C(=O)N(C)C(=O)N(C)C3=N2)CC1. The Morgan fingerprint density at radius 2 is 1.76 bits per heavy atom. The molecule has 0 radical (unpaired) electrons. The zero-order valence-corrected chi connectivity index (χ0v) is 17.1. The second-order valence-corrected chi connectivity index (χ2v) is 8.24. The first-order valence-corrected chi connectivity index (χ1v) is 10.1. The number of fused-ring (bicyclic) bond motifs is 1. The van der Waals surface area contributed by atoms with Crippen LogP contribution in [0.1, 0.15) is 25.3 Å². The van der Waals surface area contributed by atoms with Gasteiger partial charge < -0.3 is 0 Å². The molecule has 4 rings (SSSR count). The first-order valence-electron chi connectivity index (χ1n) is 10.1. The van der Waals surface area contributed by atoms with Gasteiger partial charge in [0.15, 0.2) is 0 Å². The summed E-state index contributed by atoms with van der Waals surface area (Å²) in [5.74, 6) is 1.41. The Labute approximate surface area is 170 Å². The Hall–Kier alpha value is -2.61. The van der Waals surface area contributed by atoms with Gasteiger partial charge in [0.2, 0.25) is 0 Å². The van der Waals surface area contributed by atoms with Gasteiger partial charge in [-0.1, -0.05) is 19.1 Å². The normalized spacial score (nSPS) is 23.7. The largest absolute Gasteiger partial charge is 0.333 e. The number of halogens is 1. The minimum atomic E-state index is -0.633. The van der Waals surface area contributed by atoms with Gasteiger partial charge in [0.25, 0.3) is 17.8 Å². The number of benzene rings is 1. The smallest absolute Gasteiger partial charge is 0.292 e. The monoisotopic (exact) mass is 400 g/mol. The number of likely N-dealkylation sites (N-methyl/N-ethyl adjacent to an activating group) is 2. The topological polar surface area (TPSA) is 59.2 Å². The van der Waals surface area contributed by atoms with Gasteiger partial charge in [-0.05, 0) is 54.5 Å². The molecule has 3 aliphatic heterocycles. The zero-order chi connectivity index (χ0) is 20.7. The third-order valence-electron chi connectivity index (χ3n) is 6.12. The lowest BCUT2D eigenvalue weighted by atomic mass is 9.99. The lowest BCUT2D eigenvalue weighted by Gasteiger charge is -2.31. The van der Waals surface area contributed by atoms with Gasteiger partial charge in [-0.15, -0.1) is 0 Å². The molecule has 3 amide bonds. The molecule has 29 heavy (non-hydrogen) atoms. The molecule has 0 aromatic heterocycles. The van der Waals surface area contributed by atoms with E-state index in [1.807, 2.05) is 4.58 Å². The van der Waals surface area contributed by atoms with Crippen LogP contribution in [0.25, 0.3) is 0 Å². The number of urea groups is 1. The molecule has 3 heterocycles. The van der Waals surface area contributed by atoms with Crippen molar-refractivity contribution in [3.05, 3.63) is 35.6 Å². The van der Waals surface area contributed by atoms with Gasteiger partial charge in [-0.25, -0.2) is 13.8 Å². The first kappa shape index (κ1) is 19.7. The van der Waals surface area contributed by atoms with Crippen molar-refractivity contribution in [3.8, 4) is 0 Å². The van der Waals surface area contributed by atoms with Crippen LogP contribution >= 0.6 is 0 Å². The Balaban J connectivity index is 1.67. The van der Waals surface area contributed by atoms with Crippen LogP contribution in [-0.2, 0) is 11.3 Å². The number of hydrogen-bond donors (Lipinski definition) is 0. The van der Waals surface area contributed by atoms with E-state index in [0.717, 1.165) is 48.1 Å². The maximum Gasteiger partial charge on any atom is 0.333 e. The molecule has 7 nitrogen and oxygen atoms in total. The van der Waals surface area contributed by atoms with Crippen molar-refractivity contribution in [3.63, 3.8) is 0 Å². The van der Waals surface area contributed by atoms with E-state index in [4.69, 9.17) is 4.99 Å². The van der Waals surface area contributed by atoms with Gasteiger partial charge in [0.05, 0.1) is 0 Å². The number of likely N-dealkylation sites (tertiary alicyclic amines) is 1. The van der Waals surface area contributed by atoms with Crippen molar-refractivity contribution in [2.75, 3.05) is 33.7 Å². The highest BCUT2D eigenvalue weighted by molar-refractivity contribution is 6.23. The summed E-state index contributed by atoms with van der Waals surface area (Å²) < 4.78 is 15.3. The number of piperidine rings is 1. The fourth-order valence-corrected chi connectivity index (χ4v) is 4.16. The van der Waals surface area contributed by atoms with Crippen molar-refractivity contribution >= 4 is 23.6 Å². The number of rotatable bonds is 4. The lowest BCUT2D eigenvalue weighted by molar-refractivity contribution is -0.552. The number of carbonyl (C=O) groups excluding carboxylic acids is 2. The molecule has 3 aliphatic rings. The molecule has 1 unspecified atom stereocenters. The van der Waals surface area contributed by atoms with Crippen LogP contribution in [0, 0.1) is 11.7 Å². The van der Waals surface area contributed by atoms with E-state index in [2.05, 4.69) is 11.8 Å². The summed E-state index contributed by atoms with van der Waals surface area (Å²) in [6, 6.07) is 5.28. The number of amidine groups is 2. The number of aliphatic imine (C=N–C) groups is 1. The summed E-state index contributed by atoms with van der Waals surface area (Å²) in [4.78, 5) is 35.0. The molecule has 1 aromatic carbocycles. The number of amides is 3. The fraction of sp³-hybridized carbons (Fsp3) is 0.524. The molecule has 2 saturated heterocycles. The molecular formula is C21H27FN5O2+. The average Bonchev–Trinajstić information content (AvgIpc) is 3.06. The van der Waals surface area contributed by atoms with Crippen LogP contribution in [-0.4, -0.2) is 82.7 Å². The van der Waals surface area contributed by atoms with Crippen LogP contribution in [0.5, 0.6) is 0 Å². The van der Waals surface area contributed by atoms with E-state index in [1.54, 1.807) is 19.2 Å². The van der Waals surface area contributed by atoms with Crippen LogP contribution in [0.15, 0.2) is 29.3 Å². The molecule has 1 aromatic rings. The molecule has 0 aliphatic carbocycles. The van der Waals surface area contributed by atoms with E-state index in [-0.39, 0.29) is 17.8 Å². The van der Waals surface area contributed by atoms with Crippen molar-refractivity contribution < 1.29 is 18.6 Å². The number of hydrogen-bond acceptors (Lipinski definition) is 4. The van der Waals surface area contributed by atoms with Crippen molar-refractivity contribution in [2.45, 2.75) is 32.4 Å². The first-order chi connectivity index (χ1) is 13.8. The highest BCUT2D eigenvalue weighted by atomic mass is 19.1. The Morgan fingerprint density at radius 1 is 1.10 bits per heavy atom. The van der Waals surface area contributed by atoms with Crippen LogP contribution in [0.3, 0.4) is 0 Å². The summed E-state index contributed by atoms with van der Waals surface area (Å²) in [6.45, 7) is 5.32. The minimum absolute atomic E-state index is 0.281. The molecule has 0 bridgehead atoms. The predicted octanol–water partition coefficient (Wildman–Crippen LogP) is 1.77. The highest BCUT2D eigenvalue weighted by Crippen LogP contribution is 2.22. The quantitative estimate of drug-likeness (QED) is 0.724. The van der Waals surface area contributed by atoms with E-state index in [1.165, 1.54) is 24.1 Å². The minimum Gasteiger partial charge on any atom is -0.292 e. The lowest BCUT2D eigenvalue weighted by Crippen LogP contribution is -2.61. The summed E-state index contributed by atoms with van der Waals surface area (Å²) in [6.07, 6.45) is 2.29. The van der Waals surface area contributed by atoms with Gasteiger partial charge >= 0.3 is 11.9 Å². The third kappa shape index (κ3) is 3.69. The summed E-state index contributed by atoms with van der Waals surface area (Å²) >= 11 is 0. The van der Waals surface area contributed by atoms with E-state index in [0.29, 0.717) is 18.9 Å². The van der Waals surface area contributed by atoms with E-state index < -0.39 is 6.04 Å². The van der Waals surface area contributed by atoms with Crippen LogP contribution in [0.2, 0.25) is 0 Å². The summed E-state index contributed by atoms with van der Waals surface area (Å²) in [5.41, 5.74) is 0.891. The number of imide groups is 1.